The van der Waals surface area contributed by atoms with E-state index in [0.29, 0.717) is 41.9 Å². The van der Waals surface area contributed by atoms with Crippen molar-refractivity contribution in [2.45, 2.75) is 90.9 Å². The number of ketones is 1. The summed E-state index contributed by atoms with van der Waals surface area (Å²) in [5, 5.41) is 12.6. The Morgan fingerprint density at radius 3 is 1.82 bits per heavy atom. The standard InChI is InChI=1S/C32H43NO7/c1-3-4-5-6-7-8-9-10-11-14-30(33-40-25(2)35)31(36)26-15-19-28(20-16-26)39-29-21-17-27(18-22-29)32(37)38-24-13-12-23-34/h15-22,34H,3-14,23-24H2,1-2H3/b33-30+. The van der Waals surface area contributed by atoms with Gasteiger partial charge in [0.15, 0.2) is 0 Å². The summed E-state index contributed by atoms with van der Waals surface area (Å²) < 4.78 is 11.0. The van der Waals surface area contributed by atoms with Crippen molar-refractivity contribution in [2.24, 2.45) is 5.16 Å². The summed E-state index contributed by atoms with van der Waals surface area (Å²) >= 11 is 0. The highest BCUT2D eigenvalue weighted by atomic mass is 16.7. The summed E-state index contributed by atoms with van der Waals surface area (Å²) in [6.07, 6.45) is 12.1. The third-order valence-corrected chi connectivity index (χ3v) is 6.29. The van der Waals surface area contributed by atoms with E-state index in [1.807, 2.05) is 0 Å². The Labute approximate surface area is 237 Å². The molecule has 0 amide bonds. The maximum absolute atomic E-state index is 13.1. The molecule has 0 bridgehead atoms. The lowest BCUT2D eigenvalue weighted by Crippen LogP contribution is -2.16. The van der Waals surface area contributed by atoms with Crippen LogP contribution in [-0.4, -0.2) is 41.8 Å². The van der Waals surface area contributed by atoms with Crippen LogP contribution in [0.4, 0.5) is 0 Å². The van der Waals surface area contributed by atoms with Crippen LogP contribution in [0.25, 0.3) is 0 Å². The predicted octanol–water partition coefficient (Wildman–Crippen LogP) is 7.43. The molecule has 2 aromatic carbocycles. The summed E-state index contributed by atoms with van der Waals surface area (Å²) in [4.78, 5) is 41.3. The first-order valence-electron chi connectivity index (χ1n) is 14.4. The van der Waals surface area contributed by atoms with Crippen LogP contribution in [0.1, 0.15) is 112 Å². The van der Waals surface area contributed by atoms with Gasteiger partial charge in [0, 0.05) is 19.1 Å². The van der Waals surface area contributed by atoms with Crippen molar-refractivity contribution in [3.63, 3.8) is 0 Å². The normalized spacial score (nSPS) is 11.2. The largest absolute Gasteiger partial charge is 0.462 e. The van der Waals surface area contributed by atoms with Crippen molar-refractivity contribution in [2.75, 3.05) is 13.2 Å². The highest BCUT2D eigenvalue weighted by Crippen LogP contribution is 2.23. The minimum Gasteiger partial charge on any atom is -0.462 e. The van der Waals surface area contributed by atoms with Crippen molar-refractivity contribution in [3.8, 4) is 11.5 Å². The van der Waals surface area contributed by atoms with Gasteiger partial charge in [-0.25, -0.2) is 9.59 Å². The van der Waals surface area contributed by atoms with E-state index in [1.165, 1.54) is 45.4 Å². The SMILES string of the molecule is CCCCCCCCCCC/C(=N\OC(C)=O)C(=O)c1ccc(Oc2ccc(C(=O)OCCCCO)cc2)cc1. The number of Topliss-reactive ketones (excluding diaryl/α,β-unsaturated/α-hetero) is 1. The zero-order chi connectivity index (χ0) is 29.0. The number of benzene rings is 2. The van der Waals surface area contributed by atoms with Crippen LogP contribution in [-0.2, 0) is 14.4 Å². The fourth-order valence-corrected chi connectivity index (χ4v) is 4.02. The van der Waals surface area contributed by atoms with Gasteiger partial charge < -0.3 is 19.4 Å². The number of carbonyl (C=O) groups excluding carboxylic acids is 3. The van der Waals surface area contributed by atoms with Crippen LogP contribution in [0.5, 0.6) is 11.5 Å². The van der Waals surface area contributed by atoms with E-state index >= 15 is 0 Å². The second kappa shape index (κ2) is 19.5. The van der Waals surface area contributed by atoms with Crippen molar-refractivity contribution >= 4 is 23.4 Å². The number of rotatable bonds is 20. The molecule has 0 aliphatic heterocycles. The Bertz CT molecular complexity index is 1060. The van der Waals surface area contributed by atoms with E-state index in [0.717, 1.165) is 19.3 Å². The first-order valence-corrected chi connectivity index (χ1v) is 14.4. The van der Waals surface area contributed by atoms with Crippen molar-refractivity contribution < 1.29 is 33.8 Å². The predicted molar refractivity (Wildman–Crippen MR) is 155 cm³/mol. The van der Waals surface area contributed by atoms with Gasteiger partial charge in [-0.2, -0.15) is 0 Å². The minimum atomic E-state index is -0.567. The van der Waals surface area contributed by atoms with E-state index in [2.05, 4.69) is 12.1 Å². The van der Waals surface area contributed by atoms with Gasteiger partial charge in [0.2, 0.25) is 5.78 Å². The number of hydrogen-bond donors (Lipinski definition) is 1. The first kappa shape index (κ1) is 32.7. The molecule has 0 saturated carbocycles. The molecule has 0 unspecified atom stereocenters. The highest BCUT2D eigenvalue weighted by Gasteiger charge is 2.16. The Morgan fingerprint density at radius 2 is 1.27 bits per heavy atom. The molecule has 8 nitrogen and oxygen atoms in total. The Morgan fingerprint density at radius 1 is 0.725 bits per heavy atom. The quantitative estimate of drug-likeness (QED) is 0.0453. The smallest absolute Gasteiger partial charge is 0.338 e. The lowest BCUT2D eigenvalue weighted by atomic mass is 10.0. The van der Waals surface area contributed by atoms with E-state index in [9.17, 15) is 14.4 Å². The van der Waals surface area contributed by atoms with Gasteiger partial charge in [0.05, 0.1) is 12.2 Å². The van der Waals surface area contributed by atoms with Crippen LogP contribution in [0.3, 0.4) is 0 Å². The molecule has 218 valence electrons. The van der Waals surface area contributed by atoms with E-state index in [1.54, 1.807) is 48.5 Å². The number of unbranched alkanes of at least 4 members (excludes halogenated alkanes) is 9. The number of esters is 1. The van der Waals surface area contributed by atoms with Gasteiger partial charge >= 0.3 is 11.9 Å². The molecule has 0 saturated heterocycles. The minimum absolute atomic E-state index is 0.0706. The van der Waals surface area contributed by atoms with Crippen LogP contribution < -0.4 is 4.74 Å². The molecule has 0 aliphatic rings. The van der Waals surface area contributed by atoms with Crippen molar-refractivity contribution in [1.29, 1.82) is 0 Å². The average molecular weight is 554 g/mol. The molecule has 0 fully saturated rings. The highest BCUT2D eigenvalue weighted by molar-refractivity contribution is 6.45. The Balaban J connectivity index is 1.88. The third-order valence-electron chi connectivity index (χ3n) is 6.29. The van der Waals surface area contributed by atoms with Crippen LogP contribution in [0.15, 0.2) is 53.7 Å². The van der Waals surface area contributed by atoms with Gasteiger partial charge in [0.25, 0.3) is 0 Å². The number of nitrogens with zero attached hydrogens (tertiary/aromatic N) is 1. The van der Waals surface area contributed by atoms with E-state index in [4.69, 9.17) is 19.4 Å². The topological polar surface area (TPSA) is 111 Å². The molecule has 0 spiro atoms. The number of hydrogen-bond acceptors (Lipinski definition) is 8. The first-order chi connectivity index (χ1) is 19.4. The van der Waals surface area contributed by atoms with Gasteiger partial charge in [-0.15, -0.1) is 0 Å². The van der Waals surface area contributed by atoms with E-state index in [-0.39, 0.29) is 24.7 Å². The van der Waals surface area contributed by atoms with Gasteiger partial charge in [-0.05, 0) is 74.2 Å². The number of ether oxygens (including phenoxy) is 2. The molecule has 2 rings (SSSR count). The van der Waals surface area contributed by atoms with Crippen LogP contribution >= 0.6 is 0 Å². The van der Waals surface area contributed by atoms with Crippen molar-refractivity contribution in [3.05, 3.63) is 59.7 Å². The summed E-state index contributed by atoms with van der Waals surface area (Å²) in [6.45, 7) is 3.80. The maximum atomic E-state index is 13.1. The van der Waals surface area contributed by atoms with Crippen LogP contribution in [0, 0.1) is 0 Å². The fourth-order valence-electron chi connectivity index (χ4n) is 4.02. The second-order valence-electron chi connectivity index (χ2n) is 9.75. The van der Waals surface area contributed by atoms with Crippen molar-refractivity contribution in [1.82, 2.24) is 0 Å². The number of aliphatic hydroxyl groups excluding tert-OH is 1. The fraction of sp³-hybridized carbons (Fsp3) is 0.500. The monoisotopic (exact) mass is 553 g/mol. The van der Waals surface area contributed by atoms with E-state index < -0.39 is 11.9 Å². The molecule has 0 aromatic heterocycles. The molecule has 0 heterocycles. The molecular formula is C32H43NO7. The summed E-state index contributed by atoms with van der Waals surface area (Å²) in [5.74, 6) is -0.232. The average Bonchev–Trinajstić information content (AvgIpc) is 2.96. The summed E-state index contributed by atoms with van der Waals surface area (Å²) in [6, 6.07) is 13.2. The molecule has 0 aliphatic carbocycles. The third kappa shape index (κ3) is 13.0. The lowest BCUT2D eigenvalue weighted by molar-refractivity contribution is -0.140. The number of carbonyl (C=O) groups is 3. The Kier molecular flexibility index (Phi) is 16.0. The molecule has 1 N–H and O–H groups in total. The van der Waals surface area contributed by atoms with Gasteiger partial charge in [-0.3, -0.25) is 4.79 Å². The van der Waals surface area contributed by atoms with Crippen LogP contribution in [0.2, 0.25) is 0 Å². The zero-order valence-electron chi connectivity index (χ0n) is 23.9. The molecule has 2 aromatic rings. The lowest BCUT2D eigenvalue weighted by Gasteiger charge is -2.09. The zero-order valence-corrected chi connectivity index (χ0v) is 23.9. The molecule has 8 heteroatoms. The number of aliphatic hydroxyl groups is 1. The summed E-state index contributed by atoms with van der Waals surface area (Å²) in [5.41, 5.74) is 1.06. The van der Waals surface area contributed by atoms with Gasteiger partial charge in [0.1, 0.15) is 17.2 Å². The Hall–Kier alpha value is -3.52. The molecule has 0 atom stereocenters. The maximum Gasteiger partial charge on any atom is 0.338 e. The second-order valence-corrected chi connectivity index (χ2v) is 9.75. The number of oxime groups is 1. The molecule has 0 radical (unpaired) electrons. The molecule has 40 heavy (non-hydrogen) atoms. The van der Waals surface area contributed by atoms with Gasteiger partial charge in [-0.1, -0.05) is 63.4 Å². The molecular weight excluding hydrogens is 510 g/mol. The summed E-state index contributed by atoms with van der Waals surface area (Å²) in [7, 11) is 0.